The number of benzene rings is 3. The van der Waals surface area contributed by atoms with Gasteiger partial charge in [-0.2, -0.15) is 0 Å². The van der Waals surface area contributed by atoms with Crippen LogP contribution in [0, 0.1) is 31.4 Å². The third-order valence-corrected chi connectivity index (χ3v) is 8.32. The lowest BCUT2D eigenvalue weighted by atomic mass is 9.79. The monoisotopic (exact) mass is 572 g/mol. The van der Waals surface area contributed by atoms with Gasteiger partial charge < -0.3 is 25.1 Å². The van der Waals surface area contributed by atoms with Crippen molar-refractivity contribution in [3.05, 3.63) is 88.6 Å². The number of nitrogens with zero attached hydrogens (tertiary/aromatic N) is 2. The fraction of sp³-hybridized carbons (Fsp3) is 0.333. The molecule has 4 aromatic rings. The Hall–Kier alpha value is -4.08. The molecular formula is C33H34F2N4O3. The van der Waals surface area contributed by atoms with Crippen LogP contribution in [0.1, 0.15) is 39.5 Å². The second-order valence-corrected chi connectivity index (χ2v) is 11.1. The first-order valence-electron chi connectivity index (χ1n) is 14.3. The van der Waals surface area contributed by atoms with E-state index < -0.39 is 29.5 Å². The Morgan fingerprint density at radius 2 is 1.83 bits per heavy atom. The van der Waals surface area contributed by atoms with Crippen molar-refractivity contribution in [3.63, 3.8) is 0 Å². The highest BCUT2D eigenvalue weighted by Gasteiger charge is 2.36. The third kappa shape index (κ3) is 5.42. The van der Waals surface area contributed by atoms with E-state index in [-0.39, 0.29) is 17.3 Å². The molecule has 7 nitrogen and oxygen atoms in total. The first kappa shape index (κ1) is 28.1. The normalized spacial score (nSPS) is 21.0. The number of aromatic nitrogens is 1. The van der Waals surface area contributed by atoms with E-state index in [9.17, 15) is 9.18 Å². The standard InChI is InChI=1S/C33H34F2N4O3/c1-19-13-21-15-28(38-27(21)17-29(19)39-9-11-41-12-10-39)33(40)24-18-37-8-7-23(32(24)36)31-20(2)14-22(16-26(31)35)42-30-6-4-3-5-25(30)34/h3-6,13-18,23-24,32,38H,7-12,36H2,1-2H3. The highest BCUT2D eigenvalue weighted by molar-refractivity contribution is 6.08. The van der Waals surface area contributed by atoms with Crippen LogP contribution in [0.5, 0.6) is 11.5 Å². The molecule has 1 fully saturated rings. The van der Waals surface area contributed by atoms with Crippen LogP contribution in [-0.2, 0) is 4.74 Å². The minimum absolute atomic E-state index is 0.0138. The topological polar surface area (TPSA) is 92.9 Å². The lowest BCUT2D eigenvalue weighted by Gasteiger charge is -2.30. The number of rotatable bonds is 6. The van der Waals surface area contributed by atoms with Crippen molar-refractivity contribution in [2.75, 3.05) is 37.7 Å². The van der Waals surface area contributed by atoms with E-state index >= 15 is 4.39 Å². The summed E-state index contributed by atoms with van der Waals surface area (Å²) in [4.78, 5) is 23.9. The molecule has 3 unspecified atom stereocenters. The zero-order valence-corrected chi connectivity index (χ0v) is 23.7. The maximum atomic E-state index is 15.7. The van der Waals surface area contributed by atoms with Crippen molar-refractivity contribution in [1.82, 2.24) is 4.98 Å². The van der Waals surface area contributed by atoms with Crippen LogP contribution in [-0.4, -0.2) is 55.9 Å². The molecule has 2 aliphatic rings. The van der Waals surface area contributed by atoms with Crippen LogP contribution >= 0.6 is 0 Å². The van der Waals surface area contributed by atoms with E-state index in [2.05, 4.69) is 33.9 Å². The van der Waals surface area contributed by atoms with Crippen LogP contribution in [0.4, 0.5) is 14.5 Å². The molecule has 0 saturated carbocycles. The molecule has 0 amide bonds. The summed E-state index contributed by atoms with van der Waals surface area (Å²) in [5.74, 6) is -2.21. The van der Waals surface area contributed by atoms with Gasteiger partial charge in [-0.15, -0.1) is 0 Å². The first-order chi connectivity index (χ1) is 20.3. The quantitative estimate of drug-likeness (QED) is 0.274. The summed E-state index contributed by atoms with van der Waals surface area (Å²) >= 11 is 0. The summed E-state index contributed by atoms with van der Waals surface area (Å²) < 4.78 is 40.9. The Labute approximate surface area is 243 Å². The number of aliphatic imine (C=N–C) groups is 1. The van der Waals surface area contributed by atoms with Crippen molar-refractivity contribution < 1.29 is 23.0 Å². The van der Waals surface area contributed by atoms with Gasteiger partial charge in [0.25, 0.3) is 0 Å². The molecule has 0 spiro atoms. The predicted octanol–water partition coefficient (Wildman–Crippen LogP) is 6.08. The number of aryl methyl sites for hydroxylation is 2. The van der Waals surface area contributed by atoms with Crippen molar-refractivity contribution >= 4 is 28.6 Å². The largest absolute Gasteiger partial charge is 0.454 e. The molecule has 3 atom stereocenters. The van der Waals surface area contributed by atoms with Crippen molar-refractivity contribution in [3.8, 4) is 11.5 Å². The smallest absolute Gasteiger partial charge is 0.188 e. The minimum atomic E-state index is -0.737. The van der Waals surface area contributed by atoms with E-state index in [0.29, 0.717) is 43.0 Å². The minimum Gasteiger partial charge on any atom is -0.454 e. The molecule has 1 saturated heterocycles. The number of nitrogens with two attached hydrogens (primary N) is 1. The molecule has 6 rings (SSSR count). The van der Waals surface area contributed by atoms with Gasteiger partial charge in [-0.25, -0.2) is 8.78 Å². The Kier molecular flexibility index (Phi) is 7.79. The average Bonchev–Trinajstić information content (AvgIpc) is 3.30. The van der Waals surface area contributed by atoms with Crippen molar-refractivity contribution in [2.24, 2.45) is 16.6 Å². The van der Waals surface area contributed by atoms with Gasteiger partial charge in [-0.05, 0) is 73.4 Å². The number of carbonyl (C=O) groups excluding carboxylic acids is 1. The molecule has 42 heavy (non-hydrogen) atoms. The Morgan fingerprint density at radius 3 is 2.60 bits per heavy atom. The lowest BCUT2D eigenvalue weighted by molar-refractivity contribution is 0.0934. The molecule has 1 aromatic heterocycles. The summed E-state index contributed by atoms with van der Waals surface area (Å²) in [5, 5.41) is 0.941. The Bertz CT molecular complexity index is 1640. The highest BCUT2D eigenvalue weighted by Crippen LogP contribution is 2.37. The number of hydrogen-bond acceptors (Lipinski definition) is 6. The van der Waals surface area contributed by atoms with Gasteiger partial charge in [0.2, 0.25) is 0 Å². The lowest BCUT2D eigenvalue weighted by Crippen LogP contribution is -2.41. The van der Waals surface area contributed by atoms with E-state index in [4.69, 9.17) is 15.2 Å². The predicted molar refractivity (Wildman–Crippen MR) is 160 cm³/mol. The molecule has 218 valence electrons. The third-order valence-electron chi connectivity index (χ3n) is 8.32. The van der Waals surface area contributed by atoms with Crippen LogP contribution in [0.2, 0.25) is 0 Å². The van der Waals surface area contributed by atoms with Crippen LogP contribution in [0.3, 0.4) is 0 Å². The number of halogens is 2. The number of para-hydroxylation sites is 1. The maximum Gasteiger partial charge on any atom is 0.188 e. The number of aromatic amines is 1. The Morgan fingerprint density at radius 1 is 1.05 bits per heavy atom. The number of ketones is 1. The Balaban J connectivity index is 1.26. The van der Waals surface area contributed by atoms with Gasteiger partial charge in [0.1, 0.15) is 11.6 Å². The molecule has 3 heterocycles. The fourth-order valence-corrected chi connectivity index (χ4v) is 6.17. The summed E-state index contributed by atoms with van der Waals surface area (Å²) in [6.07, 6.45) is 2.10. The average molecular weight is 573 g/mol. The number of hydrogen-bond donors (Lipinski definition) is 2. The molecule has 3 N–H and O–H groups in total. The van der Waals surface area contributed by atoms with Gasteiger partial charge in [-0.3, -0.25) is 9.79 Å². The van der Waals surface area contributed by atoms with Crippen molar-refractivity contribution in [1.29, 1.82) is 0 Å². The van der Waals surface area contributed by atoms with E-state index in [0.717, 1.165) is 35.2 Å². The molecular weight excluding hydrogens is 538 g/mol. The summed E-state index contributed by atoms with van der Waals surface area (Å²) in [6.45, 7) is 7.28. The SMILES string of the molecule is Cc1cc2cc(C(=O)C3C=NCCC(c4c(C)cc(Oc5ccccc5F)cc4F)C3N)[nH]c2cc1N1CCOCC1. The van der Waals surface area contributed by atoms with Gasteiger partial charge in [0, 0.05) is 60.5 Å². The molecule has 2 aliphatic heterocycles. The first-order valence-corrected chi connectivity index (χ1v) is 14.3. The summed E-state index contributed by atoms with van der Waals surface area (Å²) in [5.41, 5.74) is 11.4. The van der Waals surface area contributed by atoms with E-state index in [1.807, 2.05) is 6.07 Å². The molecule has 9 heteroatoms. The number of fused-ring (bicyclic) bond motifs is 1. The maximum absolute atomic E-state index is 15.7. The van der Waals surface area contributed by atoms with E-state index in [1.165, 1.54) is 18.2 Å². The van der Waals surface area contributed by atoms with Crippen molar-refractivity contribution in [2.45, 2.75) is 32.2 Å². The fourth-order valence-electron chi connectivity index (χ4n) is 6.17. The van der Waals surface area contributed by atoms with Gasteiger partial charge in [-0.1, -0.05) is 12.1 Å². The molecule has 0 radical (unpaired) electrons. The number of morpholine rings is 1. The number of Topliss-reactive ketones (excluding diaryl/α,β-unsaturated/α-hetero) is 1. The number of carbonyl (C=O) groups is 1. The zero-order chi connectivity index (χ0) is 29.4. The molecule has 0 bridgehead atoms. The number of nitrogens with one attached hydrogen (secondary N) is 1. The highest BCUT2D eigenvalue weighted by atomic mass is 19.1. The number of anilines is 1. The van der Waals surface area contributed by atoms with Gasteiger partial charge in [0.05, 0.1) is 24.8 Å². The zero-order valence-electron chi connectivity index (χ0n) is 23.7. The van der Waals surface area contributed by atoms with Crippen LogP contribution < -0.4 is 15.4 Å². The molecule has 0 aliphatic carbocycles. The number of ether oxygens (including phenoxy) is 2. The summed E-state index contributed by atoms with van der Waals surface area (Å²) in [7, 11) is 0. The summed E-state index contributed by atoms with van der Waals surface area (Å²) in [6, 6.07) is 14.2. The van der Waals surface area contributed by atoms with Gasteiger partial charge in [0.15, 0.2) is 17.3 Å². The van der Waals surface area contributed by atoms with Crippen LogP contribution in [0.25, 0.3) is 10.9 Å². The van der Waals surface area contributed by atoms with Gasteiger partial charge >= 0.3 is 0 Å². The molecule has 3 aromatic carbocycles. The van der Waals surface area contributed by atoms with E-state index in [1.54, 1.807) is 31.3 Å². The number of H-pyrrole nitrogens is 1. The van der Waals surface area contributed by atoms with Crippen LogP contribution in [0.15, 0.2) is 59.6 Å². The second kappa shape index (κ2) is 11.7. The second-order valence-electron chi connectivity index (χ2n) is 11.1.